The van der Waals surface area contributed by atoms with Gasteiger partial charge in [-0.25, -0.2) is 18.6 Å². The Kier molecular flexibility index (Phi) is 3.31. The molecule has 0 saturated carbocycles. The molecule has 0 amide bonds. The number of carboxylic acids is 1. The van der Waals surface area contributed by atoms with E-state index in [1.165, 1.54) is 0 Å². The molecule has 0 aromatic carbocycles. The molecule has 1 aromatic heterocycles. The van der Waals surface area contributed by atoms with Crippen molar-refractivity contribution in [1.29, 1.82) is 5.26 Å². The van der Waals surface area contributed by atoms with Gasteiger partial charge in [0, 0.05) is 6.20 Å². The highest BCUT2D eigenvalue weighted by atomic mass is 79.9. The van der Waals surface area contributed by atoms with Crippen LogP contribution in [0.2, 0.25) is 0 Å². The predicted octanol–water partition coefficient (Wildman–Crippen LogP) is 2.35. The Balaban J connectivity index is 3.53. The van der Waals surface area contributed by atoms with Gasteiger partial charge in [-0.3, -0.25) is 0 Å². The summed E-state index contributed by atoms with van der Waals surface area (Å²) in [5, 5.41) is 17.1. The fourth-order valence-electron chi connectivity index (χ4n) is 0.963. The Morgan fingerprint density at radius 1 is 1.67 bits per heavy atom. The van der Waals surface area contributed by atoms with E-state index in [0.717, 1.165) is 6.20 Å². The number of carbonyl (C=O) groups is 1. The second-order valence-electron chi connectivity index (χ2n) is 2.47. The normalized spacial score (nSPS) is 10.1. The molecule has 1 N–H and O–H groups in total. The van der Waals surface area contributed by atoms with E-state index in [0.29, 0.717) is 0 Å². The molecule has 0 atom stereocenters. The highest BCUT2D eigenvalue weighted by Crippen LogP contribution is 2.31. The molecule has 1 heterocycles. The van der Waals surface area contributed by atoms with Crippen molar-refractivity contribution in [3.05, 3.63) is 27.5 Å². The van der Waals surface area contributed by atoms with Gasteiger partial charge in [0.2, 0.25) is 0 Å². The Labute approximate surface area is 91.3 Å². The van der Waals surface area contributed by atoms with Crippen LogP contribution in [0.5, 0.6) is 0 Å². The SMILES string of the molecule is N#Cc1ncc(C(=O)O)c(C(F)F)c1Br. The predicted molar refractivity (Wildman–Crippen MR) is 48.6 cm³/mol. The number of hydrogen-bond acceptors (Lipinski definition) is 3. The molecule has 7 heteroatoms. The molecule has 0 unspecified atom stereocenters. The topological polar surface area (TPSA) is 74.0 Å². The molecule has 0 spiro atoms. The summed E-state index contributed by atoms with van der Waals surface area (Å²) in [4.78, 5) is 14.0. The minimum atomic E-state index is -2.99. The highest BCUT2D eigenvalue weighted by Gasteiger charge is 2.24. The lowest BCUT2D eigenvalue weighted by atomic mass is 10.1. The van der Waals surface area contributed by atoms with Crippen LogP contribution in [0, 0.1) is 11.3 Å². The number of pyridine rings is 1. The van der Waals surface area contributed by atoms with Crippen molar-refractivity contribution < 1.29 is 18.7 Å². The molecule has 15 heavy (non-hydrogen) atoms. The van der Waals surface area contributed by atoms with Gasteiger partial charge in [-0.1, -0.05) is 0 Å². The third-order valence-electron chi connectivity index (χ3n) is 1.61. The molecular formula is C8H3BrF2N2O2. The van der Waals surface area contributed by atoms with Gasteiger partial charge in [0.15, 0.2) is 5.69 Å². The number of aromatic nitrogens is 1. The van der Waals surface area contributed by atoms with Crippen molar-refractivity contribution in [2.45, 2.75) is 6.43 Å². The van der Waals surface area contributed by atoms with Crippen LogP contribution >= 0.6 is 15.9 Å². The van der Waals surface area contributed by atoms with Crippen LogP contribution in [0.15, 0.2) is 10.7 Å². The maximum absolute atomic E-state index is 12.5. The first-order valence-corrected chi connectivity index (χ1v) is 4.38. The standard InChI is InChI=1S/C8H3BrF2N2O2/c9-6-4(1-12)13-2-3(8(14)15)5(6)7(10)11/h2,7H,(H,14,15). The number of rotatable bonds is 2. The molecule has 0 saturated heterocycles. The quantitative estimate of drug-likeness (QED) is 0.900. The first kappa shape index (κ1) is 11.5. The average molecular weight is 277 g/mol. The molecule has 0 radical (unpaired) electrons. The van der Waals surface area contributed by atoms with Gasteiger partial charge in [-0.2, -0.15) is 5.26 Å². The first-order chi connectivity index (χ1) is 6.99. The highest BCUT2D eigenvalue weighted by molar-refractivity contribution is 9.10. The van der Waals surface area contributed by atoms with Crippen LogP contribution in [0.3, 0.4) is 0 Å². The Morgan fingerprint density at radius 2 is 2.27 bits per heavy atom. The van der Waals surface area contributed by atoms with E-state index in [4.69, 9.17) is 10.4 Å². The van der Waals surface area contributed by atoms with Crippen molar-refractivity contribution >= 4 is 21.9 Å². The zero-order valence-electron chi connectivity index (χ0n) is 7.04. The Morgan fingerprint density at radius 3 is 2.67 bits per heavy atom. The summed E-state index contributed by atoms with van der Waals surface area (Å²) in [7, 11) is 0. The summed E-state index contributed by atoms with van der Waals surface area (Å²) >= 11 is 2.73. The van der Waals surface area contributed by atoms with Gasteiger partial charge in [-0.15, -0.1) is 0 Å². The smallest absolute Gasteiger partial charge is 0.337 e. The molecule has 78 valence electrons. The molecule has 0 aliphatic carbocycles. The molecule has 0 aliphatic rings. The van der Waals surface area contributed by atoms with Crippen molar-refractivity contribution in [3.8, 4) is 6.07 Å². The molecule has 0 bridgehead atoms. The van der Waals surface area contributed by atoms with Crippen LogP contribution in [-0.4, -0.2) is 16.1 Å². The summed E-state index contributed by atoms with van der Waals surface area (Å²) < 4.78 is 24.8. The van der Waals surface area contributed by atoms with Crippen LogP contribution < -0.4 is 0 Å². The largest absolute Gasteiger partial charge is 0.478 e. The number of hydrogen-bond donors (Lipinski definition) is 1. The van der Waals surface area contributed by atoms with E-state index in [9.17, 15) is 13.6 Å². The van der Waals surface area contributed by atoms with Crippen molar-refractivity contribution in [2.24, 2.45) is 0 Å². The maximum atomic E-state index is 12.5. The van der Waals surface area contributed by atoms with Gasteiger partial charge in [0.05, 0.1) is 15.6 Å². The Hall–Kier alpha value is -1.55. The summed E-state index contributed by atoms with van der Waals surface area (Å²) in [6.45, 7) is 0. The Bertz CT molecular complexity index is 457. The molecule has 1 rings (SSSR count). The zero-order chi connectivity index (χ0) is 11.6. The van der Waals surface area contributed by atoms with Gasteiger partial charge in [-0.05, 0) is 15.9 Å². The molecule has 4 nitrogen and oxygen atoms in total. The molecular weight excluding hydrogens is 274 g/mol. The first-order valence-electron chi connectivity index (χ1n) is 3.59. The number of halogens is 3. The lowest BCUT2D eigenvalue weighted by molar-refractivity contribution is 0.0683. The molecule has 0 fully saturated rings. The number of aromatic carboxylic acids is 1. The fourth-order valence-corrected chi connectivity index (χ4v) is 1.54. The van der Waals surface area contributed by atoms with Gasteiger partial charge in [0.1, 0.15) is 6.07 Å². The van der Waals surface area contributed by atoms with Crippen molar-refractivity contribution in [3.63, 3.8) is 0 Å². The number of nitriles is 1. The van der Waals surface area contributed by atoms with E-state index in [1.807, 2.05) is 0 Å². The minimum absolute atomic E-state index is 0.268. The van der Waals surface area contributed by atoms with Gasteiger partial charge in [0.25, 0.3) is 6.43 Å². The second-order valence-corrected chi connectivity index (χ2v) is 3.26. The van der Waals surface area contributed by atoms with Crippen LogP contribution in [0.1, 0.15) is 28.0 Å². The second kappa shape index (κ2) is 4.31. The van der Waals surface area contributed by atoms with E-state index in [1.54, 1.807) is 6.07 Å². The van der Waals surface area contributed by atoms with Crippen molar-refractivity contribution in [1.82, 2.24) is 4.98 Å². The lowest BCUT2D eigenvalue weighted by Gasteiger charge is -2.07. The maximum Gasteiger partial charge on any atom is 0.337 e. The van der Waals surface area contributed by atoms with E-state index >= 15 is 0 Å². The number of carboxylic acid groups (broad SMARTS) is 1. The third-order valence-corrected chi connectivity index (χ3v) is 2.41. The van der Waals surface area contributed by atoms with E-state index in [2.05, 4.69) is 20.9 Å². The average Bonchev–Trinajstić information content (AvgIpc) is 2.16. The number of nitrogens with zero attached hydrogens (tertiary/aromatic N) is 2. The fraction of sp³-hybridized carbons (Fsp3) is 0.125. The van der Waals surface area contributed by atoms with Gasteiger partial charge < -0.3 is 5.11 Å². The van der Waals surface area contributed by atoms with Crippen LogP contribution in [-0.2, 0) is 0 Å². The summed E-state index contributed by atoms with van der Waals surface area (Å²) in [5.74, 6) is -1.51. The van der Waals surface area contributed by atoms with Crippen LogP contribution in [0.25, 0.3) is 0 Å². The lowest BCUT2D eigenvalue weighted by Crippen LogP contribution is -2.06. The minimum Gasteiger partial charge on any atom is -0.478 e. The summed E-state index contributed by atoms with van der Waals surface area (Å²) in [6, 6.07) is 1.57. The van der Waals surface area contributed by atoms with Crippen LogP contribution in [0.4, 0.5) is 8.78 Å². The monoisotopic (exact) mass is 276 g/mol. The van der Waals surface area contributed by atoms with E-state index < -0.39 is 23.5 Å². The zero-order valence-corrected chi connectivity index (χ0v) is 8.62. The summed E-state index contributed by atoms with van der Waals surface area (Å²) in [6.07, 6.45) is -2.24. The third kappa shape index (κ3) is 2.10. The van der Waals surface area contributed by atoms with E-state index in [-0.39, 0.29) is 10.2 Å². The summed E-state index contributed by atoms with van der Waals surface area (Å²) in [5.41, 5.74) is -1.61. The van der Waals surface area contributed by atoms with Gasteiger partial charge >= 0.3 is 5.97 Å². The molecule has 1 aromatic rings. The number of alkyl halides is 2. The van der Waals surface area contributed by atoms with Crippen molar-refractivity contribution in [2.75, 3.05) is 0 Å². The molecule has 0 aliphatic heterocycles.